The van der Waals surface area contributed by atoms with Gasteiger partial charge in [0.25, 0.3) is 0 Å². The maximum atomic E-state index is 10.6. The Hall–Kier alpha value is -3.47. The number of benzene rings is 2. The molecule has 0 aliphatic heterocycles. The average molecular weight is 360 g/mol. The molecule has 3 aromatic rings. The number of carbonyl (C=O) groups is 1. The molecule has 2 aromatic carbocycles. The van der Waals surface area contributed by atoms with E-state index in [1.165, 1.54) is 0 Å². The van der Waals surface area contributed by atoms with Gasteiger partial charge in [0.1, 0.15) is 12.4 Å². The summed E-state index contributed by atoms with van der Waals surface area (Å²) in [4.78, 5) is 14.7. The lowest BCUT2D eigenvalue weighted by molar-refractivity contribution is -0.136. The predicted octanol–water partition coefficient (Wildman–Crippen LogP) is 4.09. The van der Waals surface area contributed by atoms with Gasteiger partial charge < -0.3 is 9.84 Å². The van der Waals surface area contributed by atoms with Crippen LogP contribution in [0.4, 0.5) is 0 Å². The molecule has 1 heterocycles. The third-order valence-corrected chi connectivity index (χ3v) is 4.12. The topological polar surface area (TPSA) is 83.3 Å². The van der Waals surface area contributed by atoms with Gasteiger partial charge in [-0.1, -0.05) is 30.3 Å². The van der Waals surface area contributed by atoms with Gasteiger partial charge >= 0.3 is 5.97 Å². The number of aromatic nitrogens is 1. The number of pyridine rings is 1. The first-order chi connectivity index (χ1) is 13.1. The molecule has 0 aliphatic rings. The second-order valence-corrected chi connectivity index (χ2v) is 6.14. The summed E-state index contributed by atoms with van der Waals surface area (Å²) < 4.78 is 5.81. The van der Waals surface area contributed by atoms with Crippen LogP contribution in [0.5, 0.6) is 5.75 Å². The fourth-order valence-corrected chi connectivity index (χ4v) is 2.66. The molecule has 0 aliphatic carbocycles. The summed E-state index contributed by atoms with van der Waals surface area (Å²) in [6.45, 7) is 0.392. The molecule has 0 unspecified atom stereocenters. The minimum atomic E-state index is -0.799. The first-order valence-corrected chi connectivity index (χ1v) is 8.63. The van der Waals surface area contributed by atoms with Gasteiger partial charge in [-0.3, -0.25) is 15.2 Å². The summed E-state index contributed by atoms with van der Waals surface area (Å²) in [6.07, 6.45) is 4.00. The van der Waals surface area contributed by atoms with E-state index in [9.17, 15) is 4.79 Å². The van der Waals surface area contributed by atoms with Crippen LogP contribution in [0.3, 0.4) is 0 Å². The van der Waals surface area contributed by atoms with Crippen molar-refractivity contribution in [2.45, 2.75) is 19.4 Å². The van der Waals surface area contributed by atoms with Crippen molar-refractivity contribution in [2.75, 3.05) is 0 Å². The van der Waals surface area contributed by atoms with Crippen LogP contribution in [-0.4, -0.2) is 21.8 Å². The van der Waals surface area contributed by atoms with Crippen LogP contribution >= 0.6 is 0 Å². The number of hydrogen-bond donors (Lipinski definition) is 2. The number of carboxylic acids is 1. The molecule has 0 saturated heterocycles. The van der Waals surface area contributed by atoms with Gasteiger partial charge in [-0.15, -0.1) is 0 Å². The zero-order valence-electron chi connectivity index (χ0n) is 14.8. The van der Waals surface area contributed by atoms with Crippen molar-refractivity contribution in [3.63, 3.8) is 0 Å². The predicted molar refractivity (Wildman–Crippen MR) is 103 cm³/mol. The Bertz CT molecular complexity index is 922. The average Bonchev–Trinajstić information content (AvgIpc) is 2.72. The molecule has 5 heteroatoms. The minimum Gasteiger partial charge on any atom is -0.489 e. The zero-order chi connectivity index (χ0) is 19.1. The van der Waals surface area contributed by atoms with Crippen LogP contribution in [0.15, 0.2) is 73.1 Å². The van der Waals surface area contributed by atoms with Gasteiger partial charge in [-0.2, -0.15) is 0 Å². The summed E-state index contributed by atoms with van der Waals surface area (Å²) in [5.74, 6) is -0.0751. The molecule has 5 nitrogen and oxygen atoms in total. The molecule has 0 fully saturated rings. The first kappa shape index (κ1) is 18.3. The first-order valence-electron chi connectivity index (χ1n) is 8.63. The number of carboxylic acid groups (broad SMARTS) is 1. The number of rotatable bonds is 8. The van der Waals surface area contributed by atoms with Crippen LogP contribution in [-0.2, 0) is 17.8 Å². The summed E-state index contributed by atoms with van der Waals surface area (Å²) in [6, 6.07) is 18.8. The molecular weight excluding hydrogens is 340 g/mol. The van der Waals surface area contributed by atoms with E-state index in [0.29, 0.717) is 18.7 Å². The van der Waals surface area contributed by atoms with E-state index in [2.05, 4.69) is 4.98 Å². The Balaban J connectivity index is 1.61. The standard InChI is InChI=1S/C22H20N2O3/c23-22(19-5-2-12-24-14-19)18-4-1-3-17(13-18)15-27-20-9-6-16(7-10-20)8-11-21(25)26/h1-7,9-10,12-14,23H,8,11,15H2,(H,25,26). The minimum absolute atomic E-state index is 0.121. The van der Waals surface area contributed by atoms with E-state index in [4.69, 9.17) is 15.3 Å². The van der Waals surface area contributed by atoms with Crippen molar-refractivity contribution in [1.82, 2.24) is 4.98 Å². The zero-order valence-corrected chi connectivity index (χ0v) is 14.8. The molecular formula is C22H20N2O3. The highest BCUT2D eigenvalue weighted by molar-refractivity contribution is 6.10. The van der Waals surface area contributed by atoms with E-state index in [-0.39, 0.29) is 6.42 Å². The van der Waals surface area contributed by atoms with Crippen LogP contribution in [0.25, 0.3) is 0 Å². The third-order valence-electron chi connectivity index (χ3n) is 4.12. The number of nitrogens with zero attached hydrogens (tertiary/aromatic N) is 1. The van der Waals surface area contributed by atoms with E-state index in [1.54, 1.807) is 12.4 Å². The molecule has 0 bridgehead atoms. The van der Waals surface area contributed by atoms with Gasteiger partial charge in [-0.05, 0) is 47.9 Å². The van der Waals surface area contributed by atoms with E-state index < -0.39 is 5.97 Å². The Kier molecular flexibility index (Phi) is 5.94. The Morgan fingerprint density at radius 1 is 1.00 bits per heavy atom. The monoisotopic (exact) mass is 360 g/mol. The van der Waals surface area contributed by atoms with Gasteiger partial charge in [0.2, 0.25) is 0 Å². The maximum Gasteiger partial charge on any atom is 0.303 e. The van der Waals surface area contributed by atoms with E-state index in [1.807, 2.05) is 60.7 Å². The smallest absolute Gasteiger partial charge is 0.303 e. The second-order valence-electron chi connectivity index (χ2n) is 6.14. The molecule has 0 atom stereocenters. The lowest BCUT2D eigenvalue weighted by Gasteiger charge is -2.09. The van der Waals surface area contributed by atoms with Crippen molar-refractivity contribution >= 4 is 11.7 Å². The van der Waals surface area contributed by atoms with Crippen molar-refractivity contribution in [1.29, 1.82) is 5.41 Å². The summed E-state index contributed by atoms with van der Waals surface area (Å²) >= 11 is 0. The fraction of sp³-hybridized carbons (Fsp3) is 0.136. The number of ether oxygens (including phenoxy) is 1. The molecule has 0 saturated carbocycles. The lowest BCUT2D eigenvalue weighted by atomic mass is 10.0. The maximum absolute atomic E-state index is 10.6. The molecule has 27 heavy (non-hydrogen) atoms. The normalized spacial score (nSPS) is 10.4. The summed E-state index contributed by atoms with van der Waals surface area (Å²) in [7, 11) is 0. The van der Waals surface area contributed by atoms with Gasteiger partial charge in [0.05, 0.1) is 5.71 Å². The quantitative estimate of drug-likeness (QED) is 0.593. The summed E-state index contributed by atoms with van der Waals surface area (Å²) in [5, 5.41) is 17.1. The molecule has 0 spiro atoms. The fourth-order valence-electron chi connectivity index (χ4n) is 2.66. The third kappa shape index (κ3) is 5.25. The van der Waals surface area contributed by atoms with Crippen LogP contribution < -0.4 is 4.74 Å². The lowest BCUT2D eigenvalue weighted by Crippen LogP contribution is -2.03. The SMILES string of the molecule is N=C(c1cccnc1)c1cccc(COc2ccc(CCC(=O)O)cc2)c1. The highest BCUT2D eigenvalue weighted by atomic mass is 16.5. The molecule has 136 valence electrons. The van der Waals surface area contributed by atoms with Crippen LogP contribution in [0.2, 0.25) is 0 Å². The van der Waals surface area contributed by atoms with E-state index >= 15 is 0 Å². The molecule has 0 radical (unpaired) electrons. The number of nitrogens with one attached hydrogen (secondary N) is 1. The van der Waals surface area contributed by atoms with Crippen LogP contribution in [0.1, 0.15) is 28.7 Å². The molecule has 1 aromatic heterocycles. The molecule has 2 N–H and O–H groups in total. The largest absolute Gasteiger partial charge is 0.489 e. The van der Waals surface area contributed by atoms with Crippen molar-refractivity contribution in [3.8, 4) is 5.75 Å². The highest BCUT2D eigenvalue weighted by Gasteiger charge is 2.06. The van der Waals surface area contributed by atoms with Crippen LogP contribution in [0, 0.1) is 5.41 Å². The number of aliphatic carboxylic acids is 1. The van der Waals surface area contributed by atoms with Gasteiger partial charge in [0.15, 0.2) is 0 Å². The van der Waals surface area contributed by atoms with E-state index in [0.717, 1.165) is 28.0 Å². The summed E-state index contributed by atoms with van der Waals surface area (Å²) in [5.41, 5.74) is 3.95. The number of hydrogen-bond acceptors (Lipinski definition) is 4. The number of aryl methyl sites for hydroxylation is 1. The molecule has 3 rings (SSSR count). The van der Waals surface area contributed by atoms with Crippen molar-refractivity contribution in [3.05, 3.63) is 95.3 Å². The second kappa shape index (κ2) is 8.76. The Morgan fingerprint density at radius 3 is 2.48 bits per heavy atom. The Morgan fingerprint density at radius 2 is 1.78 bits per heavy atom. The van der Waals surface area contributed by atoms with Gasteiger partial charge in [0, 0.05) is 29.9 Å². The Labute approximate surface area is 157 Å². The molecule has 0 amide bonds. The van der Waals surface area contributed by atoms with Crippen molar-refractivity contribution < 1.29 is 14.6 Å². The van der Waals surface area contributed by atoms with Gasteiger partial charge in [-0.25, -0.2) is 0 Å². The highest BCUT2D eigenvalue weighted by Crippen LogP contribution is 2.17. The van der Waals surface area contributed by atoms with Crippen molar-refractivity contribution in [2.24, 2.45) is 0 Å².